The van der Waals surface area contributed by atoms with E-state index in [1.807, 2.05) is 0 Å². The van der Waals surface area contributed by atoms with Crippen molar-refractivity contribution in [1.82, 2.24) is 25.0 Å². The van der Waals surface area contributed by atoms with Crippen molar-refractivity contribution in [2.24, 2.45) is 0 Å². The lowest BCUT2D eigenvalue weighted by Gasteiger charge is -2.32. The van der Waals surface area contributed by atoms with Crippen molar-refractivity contribution in [3.63, 3.8) is 0 Å². The molecule has 0 spiro atoms. The van der Waals surface area contributed by atoms with E-state index in [0.717, 1.165) is 32.5 Å². The first-order valence-corrected chi connectivity index (χ1v) is 8.59. The van der Waals surface area contributed by atoms with Gasteiger partial charge in [0.2, 0.25) is 11.2 Å². The average Bonchev–Trinajstić information content (AvgIpc) is 2.96. The number of piperidine rings is 1. The van der Waals surface area contributed by atoms with Crippen LogP contribution in [0.15, 0.2) is 30.6 Å². The largest absolute Gasteiger partial charge is 0.352 e. The Morgan fingerprint density at radius 1 is 1.33 bits per heavy atom. The molecule has 1 aliphatic rings. The third-order valence-corrected chi connectivity index (χ3v) is 4.60. The minimum Gasteiger partial charge on any atom is -0.352 e. The van der Waals surface area contributed by atoms with Gasteiger partial charge in [-0.25, -0.2) is 9.67 Å². The molecule has 2 aromatic rings. The molecule has 1 aromatic heterocycles. The summed E-state index contributed by atoms with van der Waals surface area (Å²) in [6, 6.07) is 8.73. The molecule has 2 heterocycles. The Hall–Kier alpha value is -1.92. The van der Waals surface area contributed by atoms with Crippen molar-refractivity contribution in [3.8, 4) is 0 Å². The number of aromatic nitrogens is 3. The van der Waals surface area contributed by atoms with Gasteiger partial charge >= 0.3 is 0 Å². The Balaban J connectivity index is 1.43. The van der Waals surface area contributed by atoms with Crippen molar-refractivity contribution in [1.29, 1.82) is 0 Å². The summed E-state index contributed by atoms with van der Waals surface area (Å²) in [5.74, 6) is -0.0473. The maximum atomic E-state index is 12.1. The zero-order valence-corrected chi connectivity index (χ0v) is 14.5. The molecule has 1 amide bonds. The lowest BCUT2D eigenvalue weighted by molar-refractivity contribution is -0.122. The second-order valence-electron chi connectivity index (χ2n) is 6.26. The highest BCUT2D eigenvalue weighted by molar-refractivity contribution is 6.28. The zero-order chi connectivity index (χ0) is 16.9. The van der Waals surface area contributed by atoms with E-state index in [9.17, 15) is 4.79 Å². The molecule has 0 aliphatic carbocycles. The molecule has 1 saturated heterocycles. The summed E-state index contributed by atoms with van der Waals surface area (Å²) >= 11 is 5.65. The van der Waals surface area contributed by atoms with E-state index in [0.29, 0.717) is 0 Å². The summed E-state index contributed by atoms with van der Waals surface area (Å²) in [7, 11) is 0. The number of nitrogens with zero attached hydrogens (tertiary/aromatic N) is 4. The Morgan fingerprint density at radius 3 is 2.75 bits per heavy atom. The molecule has 0 atom stereocenters. The van der Waals surface area contributed by atoms with Crippen LogP contribution in [0.1, 0.15) is 24.0 Å². The number of amides is 1. The van der Waals surface area contributed by atoms with Crippen LogP contribution in [0.2, 0.25) is 5.28 Å². The number of likely N-dealkylation sites (tertiary alicyclic amines) is 1. The molecule has 0 bridgehead atoms. The number of halogens is 1. The van der Waals surface area contributed by atoms with Crippen LogP contribution in [0.4, 0.5) is 0 Å². The number of carbonyl (C=O) groups is 1. The highest BCUT2D eigenvalue weighted by Gasteiger charge is 2.21. The topological polar surface area (TPSA) is 63.1 Å². The highest BCUT2D eigenvalue weighted by Crippen LogP contribution is 2.16. The molecule has 6 nitrogen and oxygen atoms in total. The number of hydrogen-bond donors (Lipinski definition) is 1. The van der Waals surface area contributed by atoms with E-state index in [1.165, 1.54) is 22.1 Å². The number of hydrogen-bond acceptors (Lipinski definition) is 4. The van der Waals surface area contributed by atoms with Crippen LogP contribution in [0.25, 0.3) is 0 Å². The van der Waals surface area contributed by atoms with Gasteiger partial charge in [-0.3, -0.25) is 9.69 Å². The molecule has 1 aliphatic heterocycles. The summed E-state index contributed by atoms with van der Waals surface area (Å²) in [6.45, 7) is 5.27. The SMILES string of the molecule is Cc1ccccc1CN1CCC(NC(=O)Cn2cnc(Cl)n2)CC1. The normalized spacial score (nSPS) is 16.2. The van der Waals surface area contributed by atoms with Gasteiger partial charge in [-0.15, -0.1) is 5.10 Å². The van der Waals surface area contributed by atoms with Crippen molar-refractivity contribution >= 4 is 17.5 Å². The summed E-state index contributed by atoms with van der Waals surface area (Å²) < 4.78 is 1.45. The third-order valence-electron chi connectivity index (χ3n) is 4.42. The fourth-order valence-corrected chi connectivity index (χ4v) is 3.17. The molecule has 24 heavy (non-hydrogen) atoms. The molecule has 1 aromatic carbocycles. The number of nitrogens with one attached hydrogen (secondary N) is 1. The highest BCUT2D eigenvalue weighted by atomic mass is 35.5. The number of aryl methyl sites for hydroxylation is 1. The van der Waals surface area contributed by atoms with Crippen molar-refractivity contribution in [2.45, 2.75) is 38.9 Å². The number of benzene rings is 1. The predicted octanol–water partition coefficient (Wildman–Crippen LogP) is 2.02. The van der Waals surface area contributed by atoms with Crippen LogP contribution < -0.4 is 5.32 Å². The van der Waals surface area contributed by atoms with Crippen LogP contribution in [0.5, 0.6) is 0 Å². The molecule has 7 heteroatoms. The van der Waals surface area contributed by atoms with E-state index in [1.54, 1.807) is 0 Å². The van der Waals surface area contributed by atoms with E-state index < -0.39 is 0 Å². The zero-order valence-electron chi connectivity index (χ0n) is 13.8. The quantitative estimate of drug-likeness (QED) is 0.898. The van der Waals surface area contributed by atoms with Crippen molar-refractivity contribution in [2.75, 3.05) is 13.1 Å². The summed E-state index contributed by atoms with van der Waals surface area (Å²) in [5, 5.41) is 7.15. The van der Waals surface area contributed by atoms with Crippen LogP contribution in [-0.2, 0) is 17.9 Å². The van der Waals surface area contributed by atoms with Crippen molar-refractivity contribution < 1.29 is 4.79 Å². The van der Waals surface area contributed by atoms with E-state index in [4.69, 9.17) is 11.6 Å². The predicted molar refractivity (Wildman–Crippen MR) is 92.7 cm³/mol. The van der Waals surface area contributed by atoms with E-state index >= 15 is 0 Å². The standard InChI is InChI=1S/C17H22ClN5O/c1-13-4-2-3-5-14(13)10-22-8-6-15(7-9-22)20-16(24)11-23-12-19-17(18)21-23/h2-5,12,15H,6-11H2,1H3,(H,20,24). The van der Waals surface area contributed by atoms with Gasteiger partial charge in [-0.1, -0.05) is 24.3 Å². The molecule has 3 rings (SSSR count). The molecule has 0 saturated carbocycles. The molecular formula is C17H22ClN5O. The second-order valence-corrected chi connectivity index (χ2v) is 6.59. The smallest absolute Gasteiger partial charge is 0.242 e. The van der Waals surface area contributed by atoms with Gasteiger partial charge in [0.15, 0.2) is 0 Å². The van der Waals surface area contributed by atoms with Gasteiger partial charge in [0, 0.05) is 25.7 Å². The van der Waals surface area contributed by atoms with Crippen molar-refractivity contribution in [3.05, 3.63) is 47.0 Å². The van der Waals surface area contributed by atoms with E-state index in [2.05, 4.69) is 51.5 Å². The third kappa shape index (κ3) is 4.55. The first-order chi connectivity index (χ1) is 11.6. The molecule has 0 unspecified atom stereocenters. The fraction of sp³-hybridized carbons (Fsp3) is 0.471. The maximum absolute atomic E-state index is 12.1. The van der Waals surface area contributed by atoms with Gasteiger partial charge in [0.1, 0.15) is 12.9 Å². The van der Waals surface area contributed by atoms with Gasteiger partial charge in [0.25, 0.3) is 0 Å². The molecule has 1 fully saturated rings. The summed E-state index contributed by atoms with van der Waals surface area (Å²) in [5.41, 5.74) is 2.71. The first-order valence-electron chi connectivity index (χ1n) is 8.21. The Bertz CT molecular complexity index is 694. The maximum Gasteiger partial charge on any atom is 0.242 e. The Kier molecular flexibility index (Phi) is 5.48. The molecular weight excluding hydrogens is 326 g/mol. The molecule has 1 N–H and O–H groups in total. The summed E-state index contributed by atoms with van der Waals surface area (Å²) in [4.78, 5) is 18.3. The monoisotopic (exact) mass is 347 g/mol. The van der Waals surface area contributed by atoms with Crippen LogP contribution in [-0.4, -0.2) is 44.7 Å². The summed E-state index contributed by atoms with van der Waals surface area (Å²) in [6.07, 6.45) is 3.40. The van der Waals surface area contributed by atoms with Gasteiger partial charge < -0.3 is 5.32 Å². The molecule has 0 radical (unpaired) electrons. The average molecular weight is 348 g/mol. The minimum atomic E-state index is -0.0473. The van der Waals surface area contributed by atoms with Gasteiger partial charge in [0.05, 0.1) is 0 Å². The molecule has 128 valence electrons. The second kappa shape index (κ2) is 7.77. The number of carbonyl (C=O) groups excluding carboxylic acids is 1. The Labute approximate surface area is 146 Å². The van der Waals surface area contributed by atoms with Gasteiger partial charge in [-0.2, -0.15) is 0 Å². The lowest BCUT2D eigenvalue weighted by atomic mass is 10.0. The first kappa shape index (κ1) is 16.9. The van der Waals surface area contributed by atoms with Crippen LogP contribution >= 0.6 is 11.6 Å². The van der Waals surface area contributed by atoms with E-state index in [-0.39, 0.29) is 23.8 Å². The number of rotatable bonds is 5. The fourth-order valence-electron chi connectivity index (χ4n) is 3.03. The van der Waals surface area contributed by atoms with Crippen LogP contribution in [0.3, 0.4) is 0 Å². The van der Waals surface area contributed by atoms with Crippen LogP contribution in [0, 0.1) is 6.92 Å². The lowest BCUT2D eigenvalue weighted by Crippen LogP contribution is -2.45. The minimum absolute atomic E-state index is 0.0473. The Morgan fingerprint density at radius 2 is 2.08 bits per heavy atom. The van der Waals surface area contributed by atoms with Gasteiger partial charge in [-0.05, 0) is 42.5 Å².